The van der Waals surface area contributed by atoms with Gasteiger partial charge in [0.15, 0.2) is 0 Å². The smallest absolute Gasteiger partial charge is 0.314 e. The Hall–Kier alpha value is -1.21. The minimum Gasteiger partial charge on any atom is -0.427 e. The molecule has 0 aromatic rings. The van der Waals surface area contributed by atoms with E-state index in [4.69, 9.17) is 5.11 Å². The molecule has 4 N–H and O–H groups in total. The van der Waals surface area contributed by atoms with E-state index in [2.05, 4.69) is 17.7 Å². The van der Waals surface area contributed by atoms with Crippen LogP contribution in [0.25, 0.3) is 0 Å². The molecule has 27 heavy (non-hydrogen) atoms. The van der Waals surface area contributed by atoms with Crippen molar-refractivity contribution in [3.05, 3.63) is 24.3 Å². The highest BCUT2D eigenvalue weighted by Gasteiger charge is 2.53. The Morgan fingerprint density at radius 3 is 2.56 bits per heavy atom. The molecule has 156 valence electrons. The summed E-state index contributed by atoms with van der Waals surface area (Å²) in [7, 11) is 0. The highest BCUT2D eigenvalue weighted by atomic mass is 16.7. The monoisotopic (exact) mass is 384 g/mol. The lowest BCUT2D eigenvalue weighted by molar-refractivity contribution is -0.231. The maximum Gasteiger partial charge on any atom is 0.314 e. The molecule has 1 fully saturated rings. The van der Waals surface area contributed by atoms with Gasteiger partial charge in [-0.1, -0.05) is 69.8 Å². The second kappa shape index (κ2) is 13.0. The van der Waals surface area contributed by atoms with Gasteiger partial charge in [-0.25, -0.2) is 0 Å². The van der Waals surface area contributed by atoms with Crippen molar-refractivity contribution < 1.29 is 30.0 Å². The van der Waals surface area contributed by atoms with Gasteiger partial charge in [-0.05, 0) is 25.7 Å². The molecule has 0 amide bonds. The van der Waals surface area contributed by atoms with Gasteiger partial charge in [-0.3, -0.25) is 4.79 Å². The predicted octanol–water partition coefficient (Wildman–Crippen LogP) is 2.60. The average molecular weight is 385 g/mol. The first kappa shape index (κ1) is 23.8. The summed E-state index contributed by atoms with van der Waals surface area (Å²) in [6.45, 7) is 1.35. The van der Waals surface area contributed by atoms with Crippen LogP contribution >= 0.6 is 0 Å². The number of carbonyl (C=O) groups excluding carboxylic acids is 1. The summed E-state index contributed by atoms with van der Waals surface area (Å²) < 4.78 is 4.68. The zero-order chi connectivity index (χ0) is 20.1. The number of aliphatic hydroxyl groups excluding tert-OH is 3. The molecule has 1 rings (SSSR count). The fraction of sp³-hybridized carbons (Fsp3) is 0.762. The number of unbranched alkanes of at least 4 members (excludes halogenated alkanes) is 6. The van der Waals surface area contributed by atoms with Crippen molar-refractivity contribution in [3.63, 3.8) is 0 Å². The molecule has 6 nitrogen and oxygen atoms in total. The molecular weight excluding hydrogens is 348 g/mol. The predicted molar refractivity (Wildman–Crippen MR) is 104 cm³/mol. The van der Waals surface area contributed by atoms with E-state index in [-0.39, 0.29) is 6.10 Å². The van der Waals surface area contributed by atoms with Crippen LogP contribution in [-0.2, 0) is 9.53 Å². The molecule has 0 aliphatic carbocycles. The molecule has 0 aromatic carbocycles. The first-order valence-corrected chi connectivity index (χ1v) is 10.2. The number of cyclic esters (lactones) is 1. The highest BCUT2D eigenvalue weighted by Crippen LogP contribution is 2.32. The van der Waals surface area contributed by atoms with Crippen molar-refractivity contribution in [2.24, 2.45) is 5.92 Å². The van der Waals surface area contributed by atoms with Crippen LogP contribution in [0.2, 0.25) is 0 Å². The largest absolute Gasteiger partial charge is 0.427 e. The SMILES string of the molecule is CCCCCC(O)/C=C/C=C\CCCCCC[C@@H]1C(=O)O[C@@](O)(CO)[C@H]1O. The Morgan fingerprint density at radius 2 is 1.89 bits per heavy atom. The van der Waals surface area contributed by atoms with Gasteiger partial charge in [0.25, 0.3) is 5.79 Å². The number of rotatable bonds is 14. The minimum absolute atomic E-state index is 0.359. The van der Waals surface area contributed by atoms with Gasteiger partial charge < -0.3 is 25.2 Å². The highest BCUT2D eigenvalue weighted by molar-refractivity contribution is 5.76. The third kappa shape index (κ3) is 8.56. The van der Waals surface area contributed by atoms with Gasteiger partial charge in [0.1, 0.15) is 12.7 Å². The molecule has 0 spiro atoms. The molecule has 0 saturated carbocycles. The van der Waals surface area contributed by atoms with E-state index in [9.17, 15) is 20.1 Å². The summed E-state index contributed by atoms with van der Waals surface area (Å²) in [5, 5.41) is 38.5. The number of aliphatic hydroxyl groups is 4. The Bertz CT molecular complexity index is 475. The molecule has 1 aliphatic heterocycles. The van der Waals surface area contributed by atoms with Gasteiger partial charge >= 0.3 is 5.97 Å². The number of carbonyl (C=O) groups is 1. The zero-order valence-corrected chi connectivity index (χ0v) is 16.4. The molecule has 1 unspecified atom stereocenters. The van der Waals surface area contributed by atoms with Crippen molar-refractivity contribution in [2.45, 2.75) is 89.1 Å². The summed E-state index contributed by atoms with van der Waals surface area (Å²) in [5.41, 5.74) is 0. The fourth-order valence-electron chi connectivity index (χ4n) is 3.20. The number of esters is 1. The molecule has 0 radical (unpaired) electrons. The van der Waals surface area contributed by atoms with Gasteiger partial charge in [0.2, 0.25) is 0 Å². The van der Waals surface area contributed by atoms with Crippen LogP contribution in [0.5, 0.6) is 0 Å². The quantitative estimate of drug-likeness (QED) is 0.208. The number of hydrogen-bond donors (Lipinski definition) is 4. The van der Waals surface area contributed by atoms with E-state index in [1.165, 1.54) is 0 Å². The lowest BCUT2D eigenvalue weighted by Crippen LogP contribution is -2.44. The van der Waals surface area contributed by atoms with E-state index < -0.39 is 30.4 Å². The third-order valence-electron chi connectivity index (χ3n) is 4.97. The third-order valence-corrected chi connectivity index (χ3v) is 4.97. The zero-order valence-electron chi connectivity index (χ0n) is 16.4. The van der Waals surface area contributed by atoms with Crippen LogP contribution in [0.1, 0.15) is 71.1 Å². The summed E-state index contributed by atoms with van der Waals surface area (Å²) in [6.07, 6.45) is 15.3. The van der Waals surface area contributed by atoms with E-state index in [1.807, 2.05) is 18.2 Å². The molecule has 6 heteroatoms. The normalized spacial score (nSPS) is 26.9. The maximum absolute atomic E-state index is 11.7. The molecule has 1 saturated heterocycles. The molecular formula is C21H36O6. The van der Waals surface area contributed by atoms with E-state index in [1.54, 1.807) is 0 Å². The van der Waals surface area contributed by atoms with E-state index in [0.29, 0.717) is 6.42 Å². The van der Waals surface area contributed by atoms with Crippen LogP contribution in [-0.4, -0.2) is 51.0 Å². The first-order chi connectivity index (χ1) is 12.9. The Labute approximate surface area is 162 Å². The van der Waals surface area contributed by atoms with Crippen molar-refractivity contribution >= 4 is 5.97 Å². The number of allylic oxidation sites excluding steroid dienone is 3. The summed E-state index contributed by atoms with van der Waals surface area (Å²) in [6, 6.07) is 0. The average Bonchev–Trinajstić information content (AvgIpc) is 2.86. The van der Waals surface area contributed by atoms with Gasteiger partial charge in [-0.2, -0.15) is 0 Å². The molecule has 1 heterocycles. The maximum atomic E-state index is 11.7. The molecule has 1 aliphatic rings. The summed E-state index contributed by atoms with van der Waals surface area (Å²) in [4.78, 5) is 11.7. The first-order valence-electron chi connectivity index (χ1n) is 10.2. The van der Waals surface area contributed by atoms with Gasteiger partial charge in [0.05, 0.1) is 12.0 Å². The van der Waals surface area contributed by atoms with Crippen LogP contribution in [0.3, 0.4) is 0 Å². The lowest BCUT2D eigenvalue weighted by atomic mass is 9.93. The minimum atomic E-state index is -2.15. The Balaban J connectivity index is 2.07. The number of ether oxygens (including phenoxy) is 1. The summed E-state index contributed by atoms with van der Waals surface area (Å²) >= 11 is 0. The fourth-order valence-corrected chi connectivity index (χ4v) is 3.20. The van der Waals surface area contributed by atoms with Crippen molar-refractivity contribution in [1.29, 1.82) is 0 Å². The van der Waals surface area contributed by atoms with Crippen molar-refractivity contribution in [2.75, 3.05) is 6.61 Å². The van der Waals surface area contributed by atoms with Crippen LogP contribution in [0.4, 0.5) is 0 Å². The second-order valence-electron chi connectivity index (χ2n) is 7.34. The van der Waals surface area contributed by atoms with Gasteiger partial charge in [0, 0.05) is 0 Å². The second-order valence-corrected chi connectivity index (χ2v) is 7.34. The van der Waals surface area contributed by atoms with Crippen LogP contribution in [0.15, 0.2) is 24.3 Å². The summed E-state index contributed by atoms with van der Waals surface area (Å²) in [5.74, 6) is -3.56. The molecule has 0 aromatic heterocycles. The standard InChI is InChI=1S/C21H36O6/c1-2-3-10-13-17(23)14-11-8-6-4-5-7-9-12-15-18-19(24)21(26,16-22)27-20(18)25/h6,8,11,14,17-19,22-24,26H,2-5,7,9-10,12-13,15-16H2,1H3/b8-6-,14-11+/t17?,18-,19-,21-/m0/s1. The Kier molecular flexibility index (Phi) is 11.5. The topological polar surface area (TPSA) is 107 Å². The lowest BCUT2D eigenvalue weighted by Gasteiger charge is -2.22. The van der Waals surface area contributed by atoms with Gasteiger partial charge in [-0.15, -0.1) is 0 Å². The van der Waals surface area contributed by atoms with Crippen LogP contribution < -0.4 is 0 Å². The van der Waals surface area contributed by atoms with Crippen LogP contribution in [0, 0.1) is 5.92 Å². The van der Waals surface area contributed by atoms with E-state index in [0.717, 1.165) is 57.8 Å². The van der Waals surface area contributed by atoms with Crippen molar-refractivity contribution in [3.8, 4) is 0 Å². The molecule has 4 atom stereocenters. The number of hydrogen-bond acceptors (Lipinski definition) is 6. The Morgan fingerprint density at radius 1 is 1.15 bits per heavy atom. The molecule has 0 bridgehead atoms. The van der Waals surface area contributed by atoms with Crippen molar-refractivity contribution in [1.82, 2.24) is 0 Å². The van der Waals surface area contributed by atoms with E-state index >= 15 is 0 Å².